The summed E-state index contributed by atoms with van der Waals surface area (Å²) < 4.78 is 5.05. The third-order valence-electron chi connectivity index (χ3n) is 5.84. The van der Waals surface area contributed by atoms with Crippen molar-refractivity contribution in [2.75, 3.05) is 26.0 Å². The van der Waals surface area contributed by atoms with Gasteiger partial charge in [-0.1, -0.05) is 60.5 Å². The van der Waals surface area contributed by atoms with Crippen LogP contribution in [0.5, 0.6) is 0 Å². The standard InChI is InChI=1S/C26H43NO2S2/c1-25(2,3)19-15-20(26(4,5)6)17-21(16-19)31-23-12-9-8-11-22(23)30-18-24(28)27-13-10-14-29-7/h15-17,22-23H,8-14,18H2,1-7H3,(H,27,28). The molecule has 2 atom stereocenters. The SMILES string of the molecule is COCCCNC(=O)CSC1CCCCC1Sc1cc(C(C)(C)C)cc(C(C)(C)C)c1. The Hall–Kier alpha value is -0.650. The highest BCUT2D eigenvalue weighted by Gasteiger charge is 2.28. The van der Waals surface area contributed by atoms with Crippen LogP contribution in [0.4, 0.5) is 0 Å². The zero-order valence-corrected chi connectivity index (χ0v) is 22.3. The second-order valence-electron chi connectivity index (χ2n) is 10.7. The minimum absolute atomic E-state index is 0.137. The van der Waals surface area contributed by atoms with Gasteiger partial charge in [-0.15, -0.1) is 23.5 Å². The highest BCUT2D eigenvalue weighted by atomic mass is 32.2. The summed E-state index contributed by atoms with van der Waals surface area (Å²) in [5.41, 5.74) is 3.10. The fourth-order valence-electron chi connectivity index (χ4n) is 3.77. The van der Waals surface area contributed by atoms with Crippen LogP contribution in [0.15, 0.2) is 23.1 Å². The number of hydrogen-bond donors (Lipinski definition) is 1. The number of amides is 1. The number of benzene rings is 1. The van der Waals surface area contributed by atoms with E-state index in [2.05, 4.69) is 65.1 Å². The molecule has 0 bridgehead atoms. The van der Waals surface area contributed by atoms with E-state index in [9.17, 15) is 4.79 Å². The summed E-state index contributed by atoms with van der Waals surface area (Å²) in [6, 6.07) is 7.20. The van der Waals surface area contributed by atoms with Crippen LogP contribution >= 0.6 is 23.5 Å². The maximum atomic E-state index is 12.2. The second kappa shape index (κ2) is 12.0. The van der Waals surface area contributed by atoms with E-state index >= 15 is 0 Å². The van der Waals surface area contributed by atoms with Crippen molar-refractivity contribution in [3.63, 3.8) is 0 Å². The number of rotatable bonds is 9. The van der Waals surface area contributed by atoms with Crippen LogP contribution in [-0.2, 0) is 20.4 Å². The third-order valence-corrected chi connectivity index (χ3v) is 8.81. The van der Waals surface area contributed by atoms with Gasteiger partial charge in [0.15, 0.2) is 0 Å². The van der Waals surface area contributed by atoms with E-state index in [1.165, 1.54) is 41.7 Å². The van der Waals surface area contributed by atoms with Crippen molar-refractivity contribution >= 4 is 29.4 Å². The minimum atomic E-state index is 0.137. The Balaban J connectivity index is 2.06. The van der Waals surface area contributed by atoms with Crippen molar-refractivity contribution in [3.8, 4) is 0 Å². The van der Waals surface area contributed by atoms with Gasteiger partial charge in [-0.05, 0) is 53.4 Å². The molecule has 0 aromatic heterocycles. The smallest absolute Gasteiger partial charge is 0.230 e. The number of carbonyl (C=O) groups is 1. The summed E-state index contributed by atoms with van der Waals surface area (Å²) in [6.45, 7) is 15.2. The van der Waals surface area contributed by atoms with E-state index < -0.39 is 0 Å². The molecule has 1 fully saturated rings. The first-order chi connectivity index (χ1) is 14.5. The molecule has 0 aliphatic heterocycles. The van der Waals surface area contributed by atoms with E-state index in [-0.39, 0.29) is 16.7 Å². The van der Waals surface area contributed by atoms with E-state index in [0.29, 0.717) is 29.4 Å². The Morgan fingerprint density at radius 2 is 1.58 bits per heavy atom. The molecule has 0 radical (unpaired) electrons. The lowest BCUT2D eigenvalue weighted by Gasteiger charge is -2.32. The molecule has 1 amide bonds. The minimum Gasteiger partial charge on any atom is -0.385 e. The molecule has 1 saturated carbocycles. The molecule has 2 rings (SSSR count). The van der Waals surface area contributed by atoms with Gasteiger partial charge in [0.1, 0.15) is 0 Å². The van der Waals surface area contributed by atoms with Gasteiger partial charge in [0.2, 0.25) is 5.91 Å². The fraction of sp³-hybridized carbons (Fsp3) is 0.731. The van der Waals surface area contributed by atoms with Crippen molar-refractivity contribution < 1.29 is 9.53 Å². The first kappa shape index (κ1) is 26.6. The van der Waals surface area contributed by atoms with E-state index in [1.54, 1.807) is 7.11 Å². The topological polar surface area (TPSA) is 38.3 Å². The lowest BCUT2D eigenvalue weighted by atomic mass is 9.81. The highest BCUT2D eigenvalue weighted by Crippen LogP contribution is 2.41. The van der Waals surface area contributed by atoms with E-state index in [1.807, 2.05) is 23.5 Å². The van der Waals surface area contributed by atoms with Crippen LogP contribution in [0, 0.1) is 0 Å². The summed E-state index contributed by atoms with van der Waals surface area (Å²) >= 11 is 3.89. The largest absolute Gasteiger partial charge is 0.385 e. The zero-order chi connectivity index (χ0) is 23.1. The van der Waals surface area contributed by atoms with Gasteiger partial charge < -0.3 is 10.1 Å². The Labute approximate surface area is 199 Å². The molecule has 1 N–H and O–H groups in total. The molecule has 0 spiro atoms. The molecule has 1 aliphatic carbocycles. The molecule has 1 aliphatic rings. The molecule has 1 aromatic rings. The number of carbonyl (C=O) groups excluding carboxylic acids is 1. The average molecular weight is 466 g/mol. The molecule has 31 heavy (non-hydrogen) atoms. The lowest BCUT2D eigenvalue weighted by molar-refractivity contribution is -0.118. The normalized spacial score (nSPS) is 20.0. The summed E-state index contributed by atoms with van der Waals surface area (Å²) in [6.07, 6.45) is 5.89. The number of thioether (sulfide) groups is 2. The Morgan fingerprint density at radius 3 is 2.13 bits per heavy atom. The van der Waals surface area contributed by atoms with Crippen LogP contribution in [0.1, 0.15) is 84.8 Å². The zero-order valence-electron chi connectivity index (χ0n) is 20.7. The van der Waals surface area contributed by atoms with Crippen molar-refractivity contribution in [2.24, 2.45) is 0 Å². The van der Waals surface area contributed by atoms with Crippen LogP contribution in [0.25, 0.3) is 0 Å². The van der Waals surface area contributed by atoms with Crippen molar-refractivity contribution in [2.45, 2.75) is 99.9 Å². The molecule has 0 saturated heterocycles. The monoisotopic (exact) mass is 465 g/mol. The van der Waals surface area contributed by atoms with Crippen molar-refractivity contribution in [3.05, 3.63) is 29.3 Å². The van der Waals surface area contributed by atoms with Gasteiger partial charge in [-0.25, -0.2) is 0 Å². The Bertz CT molecular complexity index is 674. The second-order valence-corrected chi connectivity index (χ2v) is 13.3. The third kappa shape index (κ3) is 9.01. The quantitative estimate of drug-likeness (QED) is 0.419. The molecule has 3 nitrogen and oxygen atoms in total. The molecule has 1 aromatic carbocycles. The van der Waals surface area contributed by atoms with E-state index in [4.69, 9.17) is 4.74 Å². The molecular weight excluding hydrogens is 422 g/mol. The van der Waals surface area contributed by atoms with Gasteiger partial charge in [0.05, 0.1) is 5.75 Å². The fourth-order valence-corrected chi connectivity index (χ4v) is 6.64. The van der Waals surface area contributed by atoms with Gasteiger partial charge in [0.25, 0.3) is 0 Å². The van der Waals surface area contributed by atoms with Crippen LogP contribution < -0.4 is 5.32 Å². The number of nitrogens with one attached hydrogen (secondary N) is 1. The highest BCUT2D eigenvalue weighted by molar-refractivity contribution is 8.04. The van der Waals surface area contributed by atoms with Crippen molar-refractivity contribution in [1.82, 2.24) is 5.32 Å². The van der Waals surface area contributed by atoms with Gasteiger partial charge in [-0.3, -0.25) is 4.79 Å². The number of hydrogen-bond acceptors (Lipinski definition) is 4. The summed E-state index contributed by atoms with van der Waals surface area (Å²) in [5, 5.41) is 4.14. The number of methoxy groups -OCH3 is 1. The van der Waals surface area contributed by atoms with Gasteiger partial charge in [0, 0.05) is 35.7 Å². The molecule has 2 unspecified atom stereocenters. The first-order valence-electron chi connectivity index (χ1n) is 11.7. The predicted molar refractivity (Wildman–Crippen MR) is 138 cm³/mol. The summed E-state index contributed by atoms with van der Waals surface area (Å²) in [5.74, 6) is 0.712. The predicted octanol–water partition coefficient (Wildman–Crippen LogP) is 6.57. The van der Waals surface area contributed by atoms with Crippen LogP contribution in [0.2, 0.25) is 0 Å². The van der Waals surface area contributed by atoms with E-state index in [0.717, 1.165) is 6.42 Å². The number of ether oxygens (including phenoxy) is 1. The Kier molecular flexibility index (Phi) is 10.3. The van der Waals surface area contributed by atoms with Gasteiger partial charge in [-0.2, -0.15) is 0 Å². The Morgan fingerprint density at radius 1 is 1.00 bits per heavy atom. The molecule has 0 heterocycles. The van der Waals surface area contributed by atoms with Crippen molar-refractivity contribution in [1.29, 1.82) is 0 Å². The maximum Gasteiger partial charge on any atom is 0.230 e. The van der Waals surface area contributed by atoms with Crippen LogP contribution in [0.3, 0.4) is 0 Å². The van der Waals surface area contributed by atoms with Crippen LogP contribution in [-0.4, -0.2) is 42.4 Å². The first-order valence-corrected chi connectivity index (χ1v) is 13.6. The van der Waals surface area contributed by atoms with Gasteiger partial charge >= 0.3 is 0 Å². The average Bonchev–Trinajstić information content (AvgIpc) is 2.69. The lowest BCUT2D eigenvalue weighted by Crippen LogP contribution is -2.30. The molecule has 176 valence electrons. The maximum absolute atomic E-state index is 12.2. The summed E-state index contributed by atoms with van der Waals surface area (Å²) in [4.78, 5) is 13.6. The summed E-state index contributed by atoms with van der Waals surface area (Å²) in [7, 11) is 1.69. The molecular formula is C26H43NO2S2. The molecule has 5 heteroatoms.